The number of para-hydroxylation sites is 1. The molecule has 1 amide bonds. The maximum atomic E-state index is 12.9. The number of carbonyl (C=O) groups is 1. The van der Waals surface area contributed by atoms with Crippen LogP contribution in [-0.2, 0) is 4.79 Å². The van der Waals surface area contributed by atoms with Gasteiger partial charge in [-0.1, -0.05) is 18.2 Å². The van der Waals surface area contributed by atoms with E-state index < -0.39 is 0 Å². The smallest absolute Gasteiger partial charge is 0.314 e. The van der Waals surface area contributed by atoms with Gasteiger partial charge in [0.25, 0.3) is 0 Å². The topological polar surface area (TPSA) is 82.8 Å². The normalized spacial score (nSPS) is 20.6. The Balaban J connectivity index is 1.44. The summed E-state index contributed by atoms with van der Waals surface area (Å²) in [6.07, 6.45) is 2.42. The lowest BCUT2D eigenvalue weighted by Gasteiger charge is -2.37. The van der Waals surface area contributed by atoms with Crippen LogP contribution in [0.5, 0.6) is 0 Å². The molecule has 2 aliphatic rings. The van der Waals surface area contributed by atoms with E-state index in [1.807, 2.05) is 40.1 Å². The van der Waals surface area contributed by atoms with Crippen LogP contribution in [0.1, 0.15) is 12.0 Å². The molecule has 8 nitrogen and oxygen atoms in total. The molecule has 1 aromatic heterocycles. The lowest BCUT2D eigenvalue weighted by atomic mass is 10.1. The van der Waals surface area contributed by atoms with Gasteiger partial charge in [0.15, 0.2) is 0 Å². The molecule has 1 atom stereocenters. The Hall–Kier alpha value is -3.00. The molecular formula is C20H23N5O3. The molecule has 0 aliphatic carbocycles. The summed E-state index contributed by atoms with van der Waals surface area (Å²) in [6.45, 7) is 5.06. The van der Waals surface area contributed by atoms with Crippen molar-refractivity contribution in [3.05, 3.63) is 58.3 Å². The number of piperazine rings is 1. The van der Waals surface area contributed by atoms with Gasteiger partial charge in [-0.05, 0) is 31.5 Å². The Morgan fingerprint density at radius 2 is 1.79 bits per heavy atom. The van der Waals surface area contributed by atoms with Gasteiger partial charge in [-0.2, -0.15) is 0 Å². The van der Waals surface area contributed by atoms with Crippen LogP contribution in [0.2, 0.25) is 0 Å². The van der Waals surface area contributed by atoms with E-state index in [9.17, 15) is 14.9 Å². The van der Waals surface area contributed by atoms with E-state index in [1.54, 1.807) is 19.2 Å². The quantitative estimate of drug-likeness (QED) is 0.597. The van der Waals surface area contributed by atoms with Crippen LogP contribution in [0.15, 0.2) is 42.6 Å². The van der Waals surface area contributed by atoms with Crippen LogP contribution < -0.4 is 9.80 Å². The summed E-state index contributed by atoms with van der Waals surface area (Å²) in [5.74, 6) is 0.563. The fourth-order valence-electron chi connectivity index (χ4n) is 4.11. The van der Waals surface area contributed by atoms with Crippen molar-refractivity contribution in [1.29, 1.82) is 0 Å². The molecule has 0 bridgehead atoms. The number of nitrogens with zero attached hydrogens (tertiary/aromatic N) is 5. The highest BCUT2D eigenvalue weighted by atomic mass is 16.6. The van der Waals surface area contributed by atoms with Gasteiger partial charge in [-0.25, -0.2) is 4.98 Å². The first-order valence-electron chi connectivity index (χ1n) is 9.51. The zero-order chi connectivity index (χ0) is 19.7. The van der Waals surface area contributed by atoms with Gasteiger partial charge in [0.1, 0.15) is 0 Å². The monoisotopic (exact) mass is 381 g/mol. The fourth-order valence-corrected chi connectivity index (χ4v) is 4.11. The molecule has 0 saturated carbocycles. The zero-order valence-corrected chi connectivity index (χ0v) is 15.8. The molecule has 0 unspecified atom stereocenters. The molecule has 1 aromatic carbocycles. The number of anilines is 2. The van der Waals surface area contributed by atoms with Gasteiger partial charge in [0, 0.05) is 50.2 Å². The maximum absolute atomic E-state index is 12.9. The first-order chi connectivity index (χ1) is 13.6. The van der Waals surface area contributed by atoms with Crippen molar-refractivity contribution in [3.63, 3.8) is 0 Å². The number of carbonyl (C=O) groups excluding carboxylic acids is 1. The summed E-state index contributed by atoms with van der Waals surface area (Å²) < 4.78 is 0. The van der Waals surface area contributed by atoms with Gasteiger partial charge >= 0.3 is 5.69 Å². The van der Waals surface area contributed by atoms with Gasteiger partial charge in [-0.15, -0.1) is 0 Å². The third-order valence-electron chi connectivity index (χ3n) is 5.59. The van der Waals surface area contributed by atoms with Crippen molar-refractivity contribution in [2.24, 2.45) is 0 Å². The number of pyridine rings is 1. The SMILES string of the molecule is Cc1ccnc(N2CCN([C@H]3CCN(c4ccccc4)C3=O)CC2)c1[N+](=O)[O-]. The summed E-state index contributed by atoms with van der Waals surface area (Å²) in [7, 11) is 0. The third-order valence-corrected chi connectivity index (χ3v) is 5.59. The van der Waals surface area contributed by atoms with Crippen molar-refractivity contribution in [3.8, 4) is 0 Å². The Morgan fingerprint density at radius 1 is 1.07 bits per heavy atom. The van der Waals surface area contributed by atoms with Crippen molar-refractivity contribution in [2.45, 2.75) is 19.4 Å². The molecule has 2 aliphatic heterocycles. The van der Waals surface area contributed by atoms with Crippen LogP contribution in [0.3, 0.4) is 0 Å². The highest BCUT2D eigenvalue weighted by molar-refractivity contribution is 5.99. The number of benzene rings is 1. The fraction of sp³-hybridized carbons (Fsp3) is 0.400. The number of nitro groups is 1. The molecule has 0 spiro atoms. The zero-order valence-electron chi connectivity index (χ0n) is 15.8. The second-order valence-electron chi connectivity index (χ2n) is 7.21. The summed E-state index contributed by atoms with van der Waals surface area (Å²) in [4.78, 5) is 34.3. The first kappa shape index (κ1) is 18.4. The minimum Gasteiger partial charge on any atom is -0.348 e. The van der Waals surface area contributed by atoms with E-state index in [0.717, 1.165) is 18.7 Å². The number of rotatable bonds is 4. The second-order valence-corrected chi connectivity index (χ2v) is 7.21. The largest absolute Gasteiger partial charge is 0.348 e. The molecule has 0 radical (unpaired) electrons. The van der Waals surface area contributed by atoms with Crippen molar-refractivity contribution >= 4 is 23.1 Å². The maximum Gasteiger partial charge on any atom is 0.314 e. The minimum atomic E-state index is -0.359. The van der Waals surface area contributed by atoms with E-state index in [-0.39, 0.29) is 22.6 Å². The first-order valence-corrected chi connectivity index (χ1v) is 9.51. The Kier molecular flexibility index (Phi) is 4.95. The van der Waals surface area contributed by atoms with Crippen molar-refractivity contribution in [1.82, 2.24) is 9.88 Å². The van der Waals surface area contributed by atoms with Gasteiger partial charge in [0.05, 0.1) is 11.0 Å². The van der Waals surface area contributed by atoms with Crippen LogP contribution in [-0.4, -0.2) is 59.5 Å². The van der Waals surface area contributed by atoms with E-state index in [2.05, 4.69) is 9.88 Å². The van der Waals surface area contributed by atoms with Crippen LogP contribution in [0.4, 0.5) is 17.2 Å². The van der Waals surface area contributed by atoms with E-state index in [4.69, 9.17) is 0 Å². The molecule has 2 fully saturated rings. The number of aromatic nitrogens is 1. The second kappa shape index (κ2) is 7.55. The molecule has 2 aromatic rings. The minimum absolute atomic E-state index is 0.0724. The number of hydrogen-bond donors (Lipinski definition) is 0. The van der Waals surface area contributed by atoms with Gasteiger partial charge in [-0.3, -0.25) is 19.8 Å². The summed E-state index contributed by atoms with van der Waals surface area (Å²) in [6, 6.07) is 11.3. The lowest BCUT2D eigenvalue weighted by Crippen LogP contribution is -2.53. The Labute approximate surface area is 163 Å². The number of amides is 1. The molecule has 4 rings (SSSR count). The predicted octanol–water partition coefficient (Wildman–Crippen LogP) is 2.23. The third kappa shape index (κ3) is 3.31. The molecule has 146 valence electrons. The van der Waals surface area contributed by atoms with Gasteiger partial charge in [0.2, 0.25) is 11.7 Å². The van der Waals surface area contributed by atoms with E-state index >= 15 is 0 Å². The summed E-state index contributed by atoms with van der Waals surface area (Å²) in [5.41, 5.74) is 1.62. The molecule has 3 heterocycles. The number of aryl methyl sites for hydroxylation is 1. The van der Waals surface area contributed by atoms with Crippen LogP contribution in [0, 0.1) is 17.0 Å². The molecular weight excluding hydrogens is 358 g/mol. The summed E-state index contributed by atoms with van der Waals surface area (Å²) in [5, 5.41) is 11.5. The van der Waals surface area contributed by atoms with Crippen LogP contribution >= 0.6 is 0 Å². The molecule has 0 N–H and O–H groups in total. The van der Waals surface area contributed by atoms with E-state index in [1.165, 1.54) is 0 Å². The molecule has 28 heavy (non-hydrogen) atoms. The van der Waals surface area contributed by atoms with Crippen molar-refractivity contribution < 1.29 is 9.72 Å². The highest BCUT2D eigenvalue weighted by Crippen LogP contribution is 2.31. The molecule has 8 heteroatoms. The van der Waals surface area contributed by atoms with E-state index in [0.29, 0.717) is 37.6 Å². The van der Waals surface area contributed by atoms with Crippen LogP contribution in [0.25, 0.3) is 0 Å². The Morgan fingerprint density at radius 3 is 2.46 bits per heavy atom. The van der Waals surface area contributed by atoms with Crippen molar-refractivity contribution in [2.75, 3.05) is 42.5 Å². The average molecular weight is 381 g/mol. The predicted molar refractivity (Wildman–Crippen MR) is 107 cm³/mol. The average Bonchev–Trinajstić information content (AvgIpc) is 3.09. The molecule has 2 saturated heterocycles. The number of hydrogen-bond acceptors (Lipinski definition) is 6. The summed E-state index contributed by atoms with van der Waals surface area (Å²) >= 11 is 0. The standard InChI is InChI=1S/C20H23N5O3/c1-15-7-9-21-19(18(15)25(27)28)23-13-11-22(12-14-23)17-8-10-24(20(17)26)16-5-3-2-4-6-16/h2-7,9,17H,8,10-14H2,1H3/t17-/m0/s1. The highest BCUT2D eigenvalue weighted by Gasteiger charge is 2.38. The Bertz CT molecular complexity index is 881. The van der Waals surface area contributed by atoms with Gasteiger partial charge < -0.3 is 9.80 Å². The lowest BCUT2D eigenvalue weighted by molar-refractivity contribution is -0.384.